The molecule has 1 rings (SSSR count). The highest BCUT2D eigenvalue weighted by Crippen LogP contribution is 2.15. The summed E-state index contributed by atoms with van der Waals surface area (Å²) >= 11 is 0. The summed E-state index contributed by atoms with van der Waals surface area (Å²) in [7, 11) is 1.52. The summed E-state index contributed by atoms with van der Waals surface area (Å²) in [6.07, 6.45) is -0.0801. The smallest absolute Gasteiger partial charge is 0.227 e. The number of hydrogen-bond acceptors (Lipinski definition) is 4. The van der Waals surface area contributed by atoms with Crippen LogP contribution in [-0.2, 0) is 16.1 Å². The van der Waals surface area contributed by atoms with Gasteiger partial charge in [-0.3, -0.25) is 4.79 Å². The molecule has 94 valence electrons. The van der Waals surface area contributed by atoms with Crippen LogP contribution in [0.15, 0.2) is 24.3 Å². The number of aliphatic hydroxyl groups excluding tert-OH is 1. The van der Waals surface area contributed by atoms with Gasteiger partial charge in [-0.2, -0.15) is 0 Å². The molecular weight excluding hydrogens is 220 g/mol. The predicted octanol–water partition coefficient (Wildman–Crippen LogP) is 0.481. The quantitative estimate of drug-likeness (QED) is 0.673. The predicted molar refractivity (Wildman–Crippen MR) is 65.5 cm³/mol. The first-order valence-corrected chi connectivity index (χ1v) is 5.42. The van der Waals surface area contributed by atoms with Crippen LogP contribution in [0.4, 0.5) is 5.69 Å². The Balaban J connectivity index is 2.61. The molecule has 1 amide bonds. The van der Waals surface area contributed by atoms with E-state index in [-0.39, 0.29) is 25.0 Å². The molecule has 0 aliphatic heterocycles. The van der Waals surface area contributed by atoms with Gasteiger partial charge in [-0.25, -0.2) is 0 Å². The average molecular weight is 238 g/mol. The van der Waals surface area contributed by atoms with Gasteiger partial charge in [0, 0.05) is 24.9 Å². The van der Waals surface area contributed by atoms with Gasteiger partial charge in [0.1, 0.15) is 0 Å². The van der Waals surface area contributed by atoms with E-state index in [0.717, 1.165) is 0 Å². The van der Waals surface area contributed by atoms with E-state index in [4.69, 9.17) is 15.6 Å². The molecule has 1 unspecified atom stereocenters. The Morgan fingerprint density at radius 1 is 1.53 bits per heavy atom. The summed E-state index contributed by atoms with van der Waals surface area (Å²) in [5.41, 5.74) is 6.74. The molecule has 0 spiro atoms. The zero-order valence-electron chi connectivity index (χ0n) is 9.85. The van der Waals surface area contributed by atoms with Crippen molar-refractivity contribution in [3.05, 3.63) is 29.8 Å². The van der Waals surface area contributed by atoms with Crippen LogP contribution < -0.4 is 11.1 Å². The molecule has 0 fully saturated rings. The second kappa shape index (κ2) is 7.01. The van der Waals surface area contributed by atoms with Crippen molar-refractivity contribution < 1.29 is 14.6 Å². The van der Waals surface area contributed by atoms with E-state index in [1.165, 1.54) is 7.11 Å². The Labute approximate surface area is 101 Å². The van der Waals surface area contributed by atoms with Crippen LogP contribution in [0.1, 0.15) is 12.0 Å². The van der Waals surface area contributed by atoms with Gasteiger partial charge in [-0.1, -0.05) is 18.2 Å². The number of aliphatic hydroxyl groups is 1. The molecule has 0 saturated carbocycles. The number of nitrogens with two attached hydrogens (primary N) is 1. The summed E-state index contributed by atoms with van der Waals surface area (Å²) in [6, 6.07) is 7.10. The van der Waals surface area contributed by atoms with Gasteiger partial charge in [0.05, 0.1) is 19.1 Å². The minimum Gasteiger partial charge on any atom is -0.392 e. The zero-order chi connectivity index (χ0) is 12.7. The van der Waals surface area contributed by atoms with Crippen LogP contribution >= 0.6 is 0 Å². The summed E-state index contributed by atoms with van der Waals surface area (Å²) in [5, 5.41) is 11.8. The van der Waals surface area contributed by atoms with Crippen molar-refractivity contribution in [2.75, 3.05) is 19.0 Å². The van der Waals surface area contributed by atoms with Crippen LogP contribution in [0.5, 0.6) is 0 Å². The molecule has 1 aromatic rings. The second-order valence-corrected chi connectivity index (χ2v) is 3.66. The van der Waals surface area contributed by atoms with Crippen molar-refractivity contribution in [3.8, 4) is 0 Å². The molecule has 0 saturated heterocycles. The van der Waals surface area contributed by atoms with Crippen molar-refractivity contribution in [2.45, 2.75) is 19.1 Å². The lowest BCUT2D eigenvalue weighted by Gasteiger charge is -2.13. The lowest BCUT2D eigenvalue weighted by atomic mass is 10.1. The molecule has 17 heavy (non-hydrogen) atoms. The third-order valence-corrected chi connectivity index (χ3v) is 2.47. The van der Waals surface area contributed by atoms with Crippen molar-refractivity contribution in [3.63, 3.8) is 0 Å². The minimum atomic E-state index is -0.281. The number of carbonyl (C=O) groups is 1. The number of para-hydroxylation sites is 1. The van der Waals surface area contributed by atoms with E-state index in [2.05, 4.69) is 5.32 Å². The van der Waals surface area contributed by atoms with Gasteiger partial charge < -0.3 is 20.9 Å². The molecule has 4 N–H and O–H groups in total. The first-order valence-electron chi connectivity index (χ1n) is 5.42. The summed E-state index contributed by atoms with van der Waals surface area (Å²) < 4.78 is 5.03. The highest BCUT2D eigenvalue weighted by Gasteiger charge is 2.12. The molecule has 0 aliphatic rings. The monoisotopic (exact) mass is 238 g/mol. The van der Waals surface area contributed by atoms with E-state index >= 15 is 0 Å². The van der Waals surface area contributed by atoms with Gasteiger partial charge in [-0.15, -0.1) is 0 Å². The number of ether oxygens (including phenoxy) is 1. The molecule has 1 atom stereocenters. The maximum absolute atomic E-state index is 11.7. The van der Waals surface area contributed by atoms with E-state index in [1.807, 2.05) is 0 Å². The Morgan fingerprint density at radius 3 is 2.82 bits per heavy atom. The standard InChI is InChI=1S/C12H18N2O3/c1-17-10(7-13)6-12(16)14-11-5-3-2-4-9(11)8-15/h2-5,10,15H,6-8,13H2,1H3,(H,14,16). The number of amides is 1. The van der Waals surface area contributed by atoms with Crippen LogP contribution in [0.3, 0.4) is 0 Å². The lowest BCUT2D eigenvalue weighted by Crippen LogP contribution is -2.28. The molecule has 0 aliphatic carbocycles. The molecule has 0 aromatic heterocycles. The molecule has 5 heteroatoms. The van der Waals surface area contributed by atoms with Crippen molar-refractivity contribution >= 4 is 11.6 Å². The third-order valence-electron chi connectivity index (χ3n) is 2.47. The fraction of sp³-hybridized carbons (Fsp3) is 0.417. The topological polar surface area (TPSA) is 84.6 Å². The highest BCUT2D eigenvalue weighted by atomic mass is 16.5. The fourth-order valence-electron chi connectivity index (χ4n) is 1.45. The summed E-state index contributed by atoms with van der Waals surface area (Å²) in [5.74, 6) is -0.178. The first kappa shape index (κ1) is 13.6. The lowest BCUT2D eigenvalue weighted by molar-refractivity contribution is -0.118. The van der Waals surface area contributed by atoms with Gasteiger partial charge in [-0.05, 0) is 6.07 Å². The van der Waals surface area contributed by atoms with E-state index in [9.17, 15) is 4.79 Å². The Morgan fingerprint density at radius 2 is 2.24 bits per heavy atom. The molecule has 1 aromatic carbocycles. The zero-order valence-corrected chi connectivity index (χ0v) is 9.85. The second-order valence-electron chi connectivity index (χ2n) is 3.66. The maximum Gasteiger partial charge on any atom is 0.227 e. The van der Waals surface area contributed by atoms with E-state index in [0.29, 0.717) is 17.8 Å². The SMILES string of the molecule is COC(CN)CC(=O)Nc1ccccc1CO. The maximum atomic E-state index is 11.7. The Bertz CT molecular complexity index is 365. The minimum absolute atomic E-state index is 0.110. The average Bonchev–Trinajstić information content (AvgIpc) is 2.36. The Hall–Kier alpha value is -1.43. The van der Waals surface area contributed by atoms with Gasteiger partial charge >= 0.3 is 0 Å². The molecule has 5 nitrogen and oxygen atoms in total. The molecule has 0 radical (unpaired) electrons. The molecule has 0 heterocycles. The number of anilines is 1. The molecule has 0 bridgehead atoms. The van der Waals surface area contributed by atoms with E-state index < -0.39 is 0 Å². The Kier molecular flexibility index (Phi) is 5.62. The first-order chi connectivity index (χ1) is 8.21. The largest absolute Gasteiger partial charge is 0.392 e. The number of nitrogens with one attached hydrogen (secondary N) is 1. The number of benzene rings is 1. The van der Waals surface area contributed by atoms with Crippen LogP contribution in [0, 0.1) is 0 Å². The summed E-state index contributed by atoms with van der Waals surface area (Å²) in [4.78, 5) is 11.7. The van der Waals surface area contributed by atoms with Crippen LogP contribution in [0.2, 0.25) is 0 Å². The van der Waals surface area contributed by atoms with Crippen LogP contribution in [-0.4, -0.2) is 30.8 Å². The van der Waals surface area contributed by atoms with Gasteiger partial charge in [0.2, 0.25) is 5.91 Å². The number of carbonyl (C=O) groups excluding carboxylic acids is 1. The van der Waals surface area contributed by atoms with Crippen molar-refractivity contribution in [1.82, 2.24) is 0 Å². The van der Waals surface area contributed by atoms with E-state index in [1.54, 1.807) is 24.3 Å². The third kappa shape index (κ3) is 4.14. The summed E-state index contributed by atoms with van der Waals surface area (Å²) in [6.45, 7) is 0.187. The van der Waals surface area contributed by atoms with Gasteiger partial charge in [0.15, 0.2) is 0 Å². The van der Waals surface area contributed by atoms with Gasteiger partial charge in [0.25, 0.3) is 0 Å². The number of methoxy groups -OCH3 is 1. The van der Waals surface area contributed by atoms with Crippen molar-refractivity contribution in [1.29, 1.82) is 0 Å². The number of rotatable bonds is 6. The number of hydrogen-bond donors (Lipinski definition) is 3. The normalized spacial score (nSPS) is 12.2. The van der Waals surface area contributed by atoms with Crippen LogP contribution in [0.25, 0.3) is 0 Å². The molecular formula is C12H18N2O3. The fourth-order valence-corrected chi connectivity index (χ4v) is 1.45. The highest BCUT2D eigenvalue weighted by molar-refractivity contribution is 5.91. The van der Waals surface area contributed by atoms with Crippen molar-refractivity contribution in [2.24, 2.45) is 5.73 Å².